The van der Waals surface area contributed by atoms with Crippen LogP contribution in [-0.2, 0) is 6.18 Å². The van der Waals surface area contributed by atoms with Crippen LogP contribution in [0.5, 0.6) is 5.75 Å². The van der Waals surface area contributed by atoms with E-state index in [-0.39, 0.29) is 5.95 Å². The molecule has 0 saturated carbocycles. The molecule has 0 saturated heterocycles. The fraction of sp³-hybridized carbons (Fsp3) is 0.150. The molecule has 148 valence electrons. The number of nitrogens with one attached hydrogen (secondary N) is 2. The summed E-state index contributed by atoms with van der Waals surface area (Å²) in [5, 5.41) is 14.3. The van der Waals surface area contributed by atoms with Crippen molar-refractivity contribution in [1.82, 2.24) is 9.97 Å². The standard InChI is InChI=1S/C20H16F3N5O/c1-2-29-16-9-7-15(8-10-16)27-19-25-12-17(20(21,22)23)18(28-19)26-14-5-3-13(11-24)4-6-14/h3-10,12H,2H2,1H3,(H2,25,26,27,28). The molecule has 9 heteroatoms. The van der Waals surface area contributed by atoms with Crippen LogP contribution in [0.1, 0.15) is 18.1 Å². The first-order chi connectivity index (χ1) is 13.9. The fourth-order valence-corrected chi connectivity index (χ4v) is 2.44. The van der Waals surface area contributed by atoms with Crippen LogP contribution in [0.2, 0.25) is 0 Å². The first-order valence-electron chi connectivity index (χ1n) is 8.60. The van der Waals surface area contributed by atoms with Gasteiger partial charge >= 0.3 is 6.18 Å². The average molecular weight is 399 g/mol. The van der Waals surface area contributed by atoms with Crippen molar-refractivity contribution >= 4 is 23.1 Å². The zero-order valence-electron chi connectivity index (χ0n) is 15.3. The number of nitriles is 1. The van der Waals surface area contributed by atoms with E-state index in [1.807, 2.05) is 13.0 Å². The highest BCUT2D eigenvalue weighted by Gasteiger charge is 2.35. The quantitative estimate of drug-likeness (QED) is 0.589. The lowest BCUT2D eigenvalue weighted by molar-refractivity contribution is -0.137. The minimum absolute atomic E-state index is 0.00157. The second-order valence-corrected chi connectivity index (χ2v) is 5.85. The number of nitrogens with zero attached hydrogens (tertiary/aromatic N) is 3. The van der Waals surface area contributed by atoms with Crippen LogP contribution in [0.25, 0.3) is 0 Å². The van der Waals surface area contributed by atoms with Gasteiger partial charge < -0.3 is 15.4 Å². The van der Waals surface area contributed by atoms with Gasteiger partial charge in [0.15, 0.2) is 0 Å². The van der Waals surface area contributed by atoms with Crippen molar-refractivity contribution in [2.24, 2.45) is 0 Å². The number of benzene rings is 2. The van der Waals surface area contributed by atoms with E-state index in [4.69, 9.17) is 10.00 Å². The molecular weight excluding hydrogens is 383 g/mol. The molecule has 2 N–H and O–H groups in total. The third kappa shape index (κ3) is 5.13. The maximum atomic E-state index is 13.3. The Morgan fingerprint density at radius 3 is 2.21 bits per heavy atom. The predicted octanol–water partition coefficient (Wildman–Crippen LogP) is 5.25. The summed E-state index contributed by atoms with van der Waals surface area (Å²) in [7, 11) is 0. The summed E-state index contributed by atoms with van der Waals surface area (Å²) in [5.41, 5.74) is 0.351. The van der Waals surface area contributed by atoms with Gasteiger partial charge in [-0.05, 0) is 55.5 Å². The molecule has 0 spiro atoms. The van der Waals surface area contributed by atoms with Crippen LogP contribution in [0.15, 0.2) is 54.7 Å². The summed E-state index contributed by atoms with van der Waals surface area (Å²) in [6.07, 6.45) is -3.91. The molecule has 0 bridgehead atoms. The SMILES string of the molecule is CCOc1ccc(Nc2ncc(C(F)(F)F)c(Nc3ccc(C#N)cc3)n2)cc1. The number of anilines is 4. The lowest BCUT2D eigenvalue weighted by Gasteiger charge is -2.15. The van der Waals surface area contributed by atoms with E-state index < -0.39 is 17.6 Å². The maximum Gasteiger partial charge on any atom is 0.421 e. The van der Waals surface area contributed by atoms with E-state index >= 15 is 0 Å². The molecular formula is C20H16F3N5O. The Morgan fingerprint density at radius 1 is 1.00 bits per heavy atom. The highest BCUT2D eigenvalue weighted by molar-refractivity contribution is 5.63. The minimum atomic E-state index is -4.63. The summed E-state index contributed by atoms with van der Waals surface area (Å²) < 4.78 is 45.4. The van der Waals surface area contributed by atoms with E-state index in [1.165, 1.54) is 24.3 Å². The first-order valence-corrected chi connectivity index (χ1v) is 8.60. The third-order valence-corrected chi connectivity index (χ3v) is 3.79. The molecule has 1 aromatic heterocycles. The fourth-order valence-electron chi connectivity index (χ4n) is 2.44. The van der Waals surface area contributed by atoms with Crippen molar-refractivity contribution in [2.75, 3.05) is 17.2 Å². The van der Waals surface area contributed by atoms with Gasteiger partial charge in [0.25, 0.3) is 0 Å². The van der Waals surface area contributed by atoms with E-state index in [0.29, 0.717) is 29.3 Å². The molecule has 6 nitrogen and oxygen atoms in total. The number of aromatic nitrogens is 2. The monoisotopic (exact) mass is 399 g/mol. The summed E-state index contributed by atoms with van der Waals surface area (Å²) in [6.45, 7) is 2.39. The molecule has 0 fully saturated rings. The van der Waals surface area contributed by atoms with Gasteiger partial charge in [-0.25, -0.2) is 4.98 Å². The predicted molar refractivity (Wildman–Crippen MR) is 102 cm³/mol. The molecule has 0 aliphatic rings. The summed E-state index contributed by atoms with van der Waals surface area (Å²) >= 11 is 0. The van der Waals surface area contributed by atoms with Gasteiger partial charge in [0, 0.05) is 17.6 Å². The minimum Gasteiger partial charge on any atom is -0.494 e. The van der Waals surface area contributed by atoms with Crippen LogP contribution in [0, 0.1) is 11.3 Å². The van der Waals surface area contributed by atoms with Crippen LogP contribution < -0.4 is 15.4 Å². The highest BCUT2D eigenvalue weighted by Crippen LogP contribution is 2.35. The number of hydrogen-bond donors (Lipinski definition) is 2. The number of halogens is 3. The summed E-state index contributed by atoms with van der Waals surface area (Å²) in [4.78, 5) is 7.75. The van der Waals surface area contributed by atoms with Crippen molar-refractivity contribution in [3.8, 4) is 11.8 Å². The molecule has 0 aliphatic heterocycles. The van der Waals surface area contributed by atoms with Gasteiger partial charge in [0.1, 0.15) is 17.1 Å². The number of ether oxygens (including phenoxy) is 1. The average Bonchev–Trinajstić information content (AvgIpc) is 2.69. The lowest BCUT2D eigenvalue weighted by Crippen LogP contribution is -2.12. The molecule has 0 unspecified atom stereocenters. The topological polar surface area (TPSA) is 82.9 Å². The van der Waals surface area contributed by atoms with Gasteiger partial charge in [0.2, 0.25) is 5.95 Å². The Labute approximate surface area is 165 Å². The van der Waals surface area contributed by atoms with Crippen LogP contribution in [0.4, 0.5) is 36.3 Å². The van der Waals surface area contributed by atoms with Gasteiger partial charge in [0.05, 0.1) is 18.2 Å². The van der Waals surface area contributed by atoms with Gasteiger partial charge in [-0.3, -0.25) is 0 Å². The van der Waals surface area contributed by atoms with Crippen LogP contribution >= 0.6 is 0 Å². The molecule has 29 heavy (non-hydrogen) atoms. The van der Waals surface area contributed by atoms with Crippen molar-refractivity contribution in [3.63, 3.8) is 0 Å². The van der Waals surface area contributed by atoms with Crippen LogP contribution in [0.3, 0.4) is 0 Å². The van der Waals surface area contributed by atoms with Crippen LogP contribution in [-0.4, -0.2) is 16.6 Å². The number of alkyl halides is 3. The Morgan fingerprint density at radius 2 is 1.62 bits per heavy atom. The van der Waals surface area contributed by atoms with E-state index in [2.05, 4.69) is 20.6 Å². The molecule has 1 heterocycles. The smallest absolute Gasteiger partial charge is 0.421 e. The zero-order chi connectivity index (χ0) is 20.9. The zero-order valence-corrected chi connectivity index (χ0v) is 15.3. The summed E-state index contributed by atoms with van der Waals surface area (Å²) in [5.74, 6) is 0.276. The Kier molecular flexibility index (Phi) is 5.83. The second-order valence-electron chi connectivity index (χ2n) is 5.85. The first kappa shape index (κ1) is 19.9. The van der Waals surface area contributed by atoms with Crippen molar-refractivity contribution < 1.29 is 17.9 Å². The second kappa shape index (κ2) is 8.48. The lowest BCUT2D eigenvalue weighted by atomic mass is 10.2. The van der Waals surface area contributed by atoms with Gasteiger partial charge in [-0.2, -0.15) is 23.4 Å². The normalized spacial score (nSPS) is 10.9. The highest BCUT2D eigenvalue weighted by atomic mass is 19.4. The van der Waals surface area contributed by atoms with E-state index in [1.54, 1.807) is 24.3 Å². The van der Waals surface area contributed by atoms with Crippen molar-refractivity contribution in [2.45, 2.75) is 13.1 Å². The van der Waals surface area contributed by atoms with E-state index in [0.717, 1.165) is 6.20 Å². The summed E-state index contributed by atoms with van der Waals surface area (Å²) in [6, 6.07) is 14.8. The van der Waals surface area contributed by atoms with E-state index in [9.17, 15) is 13.2 Å². The Hall–Kier alpha value is -3.80. The van der Waals surface area contributed by atoms with Crippen molar-refractivity contribution in [1.29, 1.82) is 5.26 Å². The third-order valence-electron chi connectivity index (χ3n) is 3.79. The molecule has 3 aromatic rings. The molecule has 0 amide bonds. The van der Waals surface area contributed by atoms with Crippen molar-refractivity contribution in [3.05, 3.63) is 65.9 Å². The molecule has 0 aliphatic carbocycles. The Bertz CT molecular complexity index is 1010. The molecule has 3 rings (SSSR count). The Balaban J connectivity index is 1.87. The number of hydrogen-bond acceptors (Lipinski definition) is 6. The maximum absolute atomic E-state index is 13.3. The number of rotatable bonds is 6. The van der Waals surface area contributed by atoms with Gasteiger partial charge in [-0.1, -0.05) is 0 Å². The molecule has 0 atom stereocenters. The molecule has 2 aromatic carbocycles. The largest absolute Gasteiger partial charge is 0.494 e. The molecule has 0 radical (unpaired) electrons. The van der Waals surface area contributed by atoms with Gasteiger partial charge in [-0.15, -0.1) is 0 Å².